The van der Waals surface area contributed by atoms with Crippen LogP contribution in [-0.2, 0) is 19.1 Å². The first-order valence-electron chi connectivity index (χ1n) is 11.5. The van der Waals surface area contributed by atoms with Crippen molar-refractivity contribution >= 4 is 40.5 Å². The normalized spacial score (nSPS) is 12.5. The summed E-state index contributed by atoms with van der Waals surface area (Å²) in [5.74, 6) is -1.72. The molecule has 0 spiro atoms. The maximum Gasteiger partial charge on any atom is 0.328 e. The SMILES string of the molecule is COc1ccnc(C(=O)N[C@@H](C)C(=O)O[C@@H](C)C(c2ccc(C)s2)c2ccc(C)s2)c1OCOC(C)=O. The highest BCUT2D eigenvalue weighted by atomic mass is 32.1. The summed E-state index contributed by atoms with van der Waals surface area (Å²) in [4.78, 5) is 45.7. The second-order valence-electron chi connectivity index (χ2n) is 8.30. The van der Waals surface area contributed by atoms with Gasteiger partial charge >= 0.3 is 11.9 Å². The smallest absolute Gasteiger partial charge is 0.328 e. The van der Waals surface area contributed by atoms with Gasteiger partial charge in [0.2, 0.25) is 6.79 Å². The van der Waals surface area contributed by atoms with Gasteiger partial charge in [-0.2, -0.15) is 0 Å². The Kier molecular flexibility index (Phi) is 9.65. The highest BCUT2D eigenvalue weighted by Gasteiger charge is 2.30. The van der Waals surface area contributed by atoms with Crippen LogP contribution < -0.4 is 14.8 Å². The largest absolute Gasteiger partial charge is 0.493 e. The maximum absolute atomic E-state index is 13.0. The number of aromatic nitrogens is 1. The fourth-order valence-corrected chi connectivity index (χ4v) is 5.84. The molecule has 198 valence electrons. The van der Waals surface area contributed by atoms with E-state index in [1.807, 2.05) is 32.9 Å². The van der Waals surface area contributed by atoms with E-state index in [-0.39, 0.29) is 23.1 Å². The van der Waals surface area contributed by atoms with E-state index < -0.39 is 36.8 Å². The van der Waals surface area contributed by atoms with Crippen LogP contribution in [0.25, 0.3) is 0 Å². The third-order valence-electron chi connectivity index (χ3n) is 5.38. The van der Waals surface area contributed by atoms with Crippen molar-refractivity contribution in [1.29, 1.82) is 0 Å². The molecule has 0 saturated heterocycles. The molecule has 37 heavy (non-hydrogen) atoms. The molecular formula is C26H30N2O7S2. The summed E-state index contributed by atoms with van der Waals surface area (Å²) in [6.45, 7) is 8.26. The van der Waals surface area contributed by atoms with Crippen LogP contribution in [0.5, 0.6) is 11.5 Å². The van der Waals surface area contributed by atoms with Crippen molar-refractivity contribution in [3.63, 3.8) is 0 Å². The fourth-order valence-electron chi connectivity index (χ4n) is 3.59. The number of carbonyl (C=O) groups is 3. The molecule has 0 saturated carbocycles. The van der Waals surface area contributed by atoms with Crippen molar-refractivity contribution in [3.05, 3.63) is 61.7 Å². The van der Waals surface area contributed by atoms with E-state index in [4.69, 9.17) is 18.9 Å². The van der Waals surface area contributed by atoms with Crippen LogP contribution in [0.15, 0.2) is 36.5 Å². The van der Waals surface area contributed by atoms with Crippen molar-refractivity contribution in [3.8, 4) is 11.5 Å². The van der Waals surface area contributed by atoms with Crippen LogP contribution >= 0.6 is 22.7 Å². The molecule has 11 heteroatoms. The summed E-state index contributed by atoms with van der Waals surface area (Å²) in [7, 11) is 1.40. The summed E-state index contributed by atoms with van der Waals surface area (Å²) >= 11 is 3.33. The van der Waals surface area contributed by atoms with Crippen molar-refractivity contribution in [2.45, 2.75) is 52.7 Å². The molecule has 3 aromatic rings. The first kappa shape index (κ1) is 28.1. The average molecular weight is 547 g/mol. The molecule has 0 bridgehead atoms. The number of carbonyl (C=O) groups excluding carboxylic acids is 3. The van der Waals surface area contributed by atoms with E-state index in [2.05, 4.69) is 22.4 Å². The molecule has 3 heterocycles. The van der Waals surface area contributed by atoms with E-state index in [0.717, 1.165) is 9.75 Å². The predicted octanol–water partition coefficient (Wildman–Crippen LogP) is 4.61. The van der Waals surface area contributed by atoms with Crippen LogP contribution in [0, 0.1) is 13.8 Å². The number of hydrogen-bond donors (Lipinski definition) is 1. The molecule has 0 aromatic carbocycles. The van der Waals surface area contributed by atoms with Crippen LogP contribution in [0.2, 0.25) is 0 Å². The highest BCUT2D eigenvalue weighted by Crippen LogP contribution is 2.38. The lowest BCUT2D eigenvalue weighted by Crippen LogP contribution is -2.41. The van der Waals surface area contributed by atoms with Crippen LogP contribution in [0.1, 0.15) is 56.7 Å². The zero-order valence-corrected chi connectivity index (χ0v) is 23.2. The lowest BCUT2D eigenvalue weighted by molar-refractivity contribution is -0.151. The van der Waals surface area contributed by atoms with Gasteiger partial charge in [0, 0.05) is 38.7 Å². The van der Waals surface area contributed by atoms with Gasteiger partial charge in [0.15, 0.2) is 17.2 Å². The van der Waals surface area contributed by atoms with Gasteiger partial charge < -0.3 is 24.3 Å². The monoisotopic (exact) mass is 546 g/mol. The molecule has 3 rings (SSSR count). The van der Waals surface area contributed by atoms with Gasteiger partial charge in [0.1, 0.15) is 12.1 Å². The number of nitrogens with one attached hydrogen (secondary N) is 1. The summed E-state index contributed by atoms with van der Waals surface area (Å²) in [5.41, 5.74) is -0.125. The standard InChI is InChI=1S/C26H30N2O7S2/c1-14-7-9-20(36-14)22(21-10-8-15(2)37-21)17(4)35-26(31)16(3)28-25(30)23-24(34-13-33-18(5)29)19(32-6)11-12-27-23/h7-12,16-17,22H,13H2,1-6H3,(H,28,30)/t16-,17-/m0/s1. The van der Waals surface area contributed by atoms with Gasteiger partial charge in [-0.3, -0.25) is 9.59 Å². The quantitative estimate of drug-likeness (QED) is 0.274. The molecule has 9 nitrogen and oxygen atoms in total. The number of pyridine rings is 1. The maximum atomic E-state index is 13.0. The third-order valence-corrected chi connectivity index (χ3v) is 7.54. The summed E-state index contributed by atoms with van der Waals surface area (Å²) in [6, 6.07) is 8.74. The first-order chi connectivity index (χ1) is 17.6. The van der Waals surface area contributed by atoms with Crippen molar-refractivity contribution in [1.82, 2.24) is 10.3 Å². The highest BCUT2D eigenvalue weighted by molar-refractivity contribution is 7.13. The van der Waals surface area contributed by atoms with Crippen molar-refractivity contribution in [2.24, 2.45) is 0 Å². The Morgan fingerprint density at radius 1 is 1.00 bits per heavy atom. The Morgan fingerprint density at radius 2 is 1.62 bits per heavy atom. The number of ether oxygens (including phenoxy) is 4. The lowest BCUT2D eigenvalue weighted by Gasteiger charge is -2.24. The summed E-state index contributed by atoms with van der Waals surface area (Å²) < 4.78 is 21.3. The van der Waals surface area contributed by atoms with Crippen molar-refractivity contribution < 1.29 is 33.3 Å². The molecule has 3 aromatic heterocycles. The van der Waals surface area contributed by atoms with Crippen molar-refractivity contribution in [2.75, 3.05) is 13.9 Å². The Morgan fingerprint density at radius 3 is 2.14 bits per heavy atom. The van der Waals surface area contributed by atoms with Gasteiger partial charge in [-0.05, 0) is 52.0 Å². The zero-order valence-electron chi connectivity index (χ0n) is 21.5. The third kappa shape index (κ3) is 7.30. The number of hydrogen-bond acceptors (Lipinski definition) is 10. The van der Waals surface area contributed by atoms with Gasteiger partial charge in [-0.1, -0.05) is 0 Å². The molecule has 0 aliphatic carbocycles. The van der Waals surface area contributed by atoms with Crippen LogP contribution in [-0.4, -0.2) is 48.9 Å². The molecule has 2 atom stereocenters. The molecule has 0 radical (unpaired) electrons. The Bertz CT molecular complexity index is 1210. The predicted molar refractivity (Wildman–Crippen MR) is 140 cm³/mol. The summed E-state index contributed by atoms with van der Waals surface area (Å²) in [5, 5.41) is 2.60. The van der Waals surface area contributed by atoms with Gasteiger partial charge in [0.05, 0.1) is 13.0 Å². The number of rotatable bonds is 11. The van der Waals surface area contributed by atoms with Gasteiger partial charge in [-0.25, -0.2) is 9.78 Å². The molecular weight excluding hydrogens is 516 g/mol. The van der Waals surface area contributed by atoms with E-state index in [0.29, 0.717) is 0 Å². The minimum absolute atomic E-state index is 0.0149. The number of aryl methyl sites for hydroxylation is 2. The second-order valence-corrected chi connectivity index (χ2v) is 10.9. The van der Waals surface area contributed by atoms with E-state index in [1.165, 1.54) is 43.0 Å². The minimum Gasteiger partial charge on any atom is -0.493 e. The Labute approximate surface area is 223 Å². The number of nitrogens with zero attached hydrogens (tertiary/aromatic N) is 1. The van der Waals surface area contributed by atoms with E-state index in [1.54, 1.807) is 22.7 Å². The minimum atomic E-state index is -0.972. The first-order valence-corrected chi connectivity index (χ1v) is 13.2. The molecule has 0 fully saturated rings. The summed E-state index contributed by atoms with van der Waals surface area (Å²) in [6.07, 6.45) is 0.897. The molecule has 1 N–H and O–H groups in total. The van der Waals surface area contributed by atoms with E-state index >= 15 is 0 Å². The number of methoxy groups -OCH3 is 1. The molecule has 0 unspecified atom stereocenters. The Balaban J connectivity index is 1.72. The van der Waals surface area contributed by atoms with E-state index in [9.17, 15) is 14.4 Å². The fraction of sp³-hybridized carbons (Fsp3) is 0.385. The topological polar surface area (TPSA) is 113 Å². The number of thiophene rings is 2. The second kappa shape index (κ2) is 12.7. The molecule has 0 aliphatic rings. The number of amides is 1. The lowest BCUT2D eigenvalue weighted by atomic mass is 9.99. The zero-order chi connectivity index (χ0) is 27.1. The molecule has 0 aliphatic heterocycles. The van der Waals surface area contributed by atoms with Crippen LogP contribution in [0.4, 0.5) is 0 Å². The average Bonchev–Trinajstić information content (AvgIpc) is 3.46. The Hall–Kier alpha value is -3.44. The van der Waals surface area contributed by atoms with Gasteiger partial charge in [0.25, 0.3) is 5.91 Å². The number of esters is 2. The van der Waals surface area contributed by atoms with Gasteiger partial charge in [-0.15, -0.1) is 22.7 Å². The van der Waals surface area contributed by atoms with Crippen LogP contribution in [0.3, 0.4) is 0 Å². The molecule has 1 amide bonds.